The summed E-state index contributed by atoms with van der Waals surface area (Å²) in [5.41, 5.74) is 0. The Kier molecular flexibility index (Phi) is 5.42. The summed E-state index contributed by atoms with van der Waals surface area (Å²) in [4.78, 5) is 0. The van der Waals surface area contributed by atoms with Crippen LogP contribution < -0.4 is 0 Å². The molecule has 1 radical (unpaired) electrons. The second-order valence-corrected chi connectivity index (χ2v) is 4.03. The Balaban J connectivity index is 2.13. The van der Waals surface area contributed by atoms with Gasteiger partial charge in [-0.1, -0.05) is 51.4 Å². The highest BCUT2D eigenvalue weighted by Crippen LogP contribution is 2.16. The summed E-state index contributed by atoms with van der Waals surface area (Å²) in [6.45, 7) is 0. The quantitative estimate of drug-likeness (QED) is 0.527. The summed E-state index contributed by atoms with van der Waals surface area (Å²) in [6.07, 6.45) is 12.0. The van der Waals surface area contributed by atoms with Gasteiger partial charge in [-0.15, -0.1) is 0 Å². The molecule has 1 aliphatic carbocycles. The van der Waals surface area contributed by atoms with E-state index in [1.54, 1.807) is 0 Å². The van der Waals surface area contributed by atoms with Crippen LogP contribution in [0, 0.1) is 0 Å². The number of hydrogen-bond acceptors (Lipinski definition) is 0. The molecule has 1 rings (SSSR count). The Hall–Kier alpha value is -0.0400. The van der Waals surface area contributed by atoms with Crippen LogP contribution >= 0.6 is 0 Å². The lowest BCUT2D eigenvalue weighted by Crippen LogP contribution is -2.03. The SMILES string of the molecule is [O]C1CCCCCCCCCC1. The summed E-state index contributed by atoms with van der Waals surface area (Å²) in [7, 11) is 0. The molecule has 1 saturated carbocycles. The van der Waals surface area contributed by atoms with Crippen LogP contribution in [0.3, 0.4) is 0 Å². The smallest absolute Gasteiger partial charge is 0.0930 e. The molecule has 0 N–H and O–H groups in total. The van der Waals surface area contributed by atoms with Gasteiger partial charge in [0, 0.05) is 0 Å². The topological polar surface area (TPSA) is 19.9 Å². The van der Waals surface area contributed by atoms with Crippen molar-refractivity contribution in [3.63, 3.8) is 0 Å². The van der Waals surface area contributed by atoms with Crippen LogP contribution in [0.1, 0.15) is 64.2 Å². The van der Waals surface area contributed by atoms with Crippen LogP contribution in [0.4, 0.5) is 0 Å². The van der Waals surface area contributed by atoms with Crippen molar-refractivity contribution in [2.75, 3.05) is 0 Å². The predicted octanol–water partition coefficient (Wildman–Crippen LogP) is 3.70. The minimum absolute atomic E-state index is 0.247. The van der Waals surface area contributed by atoms with E-state index in [2.05, 4.69) is 0 Å². The third-order valence-electron chi connectivity index (χ3n) is 2.80. The minimum atomic E-state index is -0.247. The van der Waals surface area contributed by atoms with E-state index in [4.69, 9.17) is 0 Å². The first-order valence-electron chi connectivity index (χ1n) is 5.55. The lowest BCUT2D eigenvalue weighted by Gasteiger charge is -2.05. The fraction of sp³-hybridized carbons (Fsp3) is 1.00. The van der Waals surface area contributed by atoms with Crippen LogP contribution in [0.25, 0.3) is 0 Å². The molecule has 0 unspecified atom stereocenters. The van der Waals surface area contributed by atoms with Gasteiger partial charge in [0.25, 0.3) is 0 Å². The Bertz CT molecular complexity index is 89.2. The van der Waals surface area contributed by atoms with E-state index in [9.17, 15) is 5.11 Å². The van der Waals surface area contributed by atoms with Crippen molar-refractivity contribution in [1.29, 1.82) is 0 Å². The van der Waals surface area contributed by atoms with Crippen LogP contribution in [-0.2, 0) is 5.11 Å². The van der Waals surface area contributed by atoms with Gasteiger partial charge < -0.3 is 0 Å². The summed E-state index contributed by atoms with van der Waals surface area (Å²) in [5.74, 6) is 0. The van der Waals surface area contributed by atoms with Crippen LogP contribution in [0.5, 0.6) is 0 Å². The molecule has 0 amide bonds. The molecule has 0 saturated heterocycles. The zero-order valence-electron chi connectivity index (χ0n) is 8.06. The van der Waals surface area contributed by atoms with Gasteiger partial charge in [0.1, 0.15) is 0 Å². The fourth-order valence-corrected chi connectivity index (χ4v) is 1.95. The molecule has 0 aromatic heterocycles. The zero-order chi connectivity index (χ0) is 8.65. The second kappa shape index (κ2) is 6.47. The first-order chi connectivity index (χ1) is 5.89. The van der Waals surface area contributed by atoms with E-state index >= 15 is 0 Å². The van der Waals surface area contributed by atoms with Gasteiger partial charge in [0.05, 0.1) is 6.10 Å². The van der Waals surface area contributed by atoms with E-state index in [1.165, 1.54) is 51.4 Å². The monoisotopic (exact) mass is 169 g/mol. The number of hydrogen-bond donors (Lipinski definition) is 0. The van der Waals surface area contributed by atoms with E-state index in [-0.39, 0.29) is 6.10 Å². The van der Waals surface area contributed by atoms with E-state index < -0.39 is 0 Å². The van der Waals surface area contributed by atoms with Crippen molar-refractivity contribution >= 4 is 0 Å². The molecule has 0 spiro atoms. The van der Waals surface area contributed by atoms with Gasteiger partial charge in [0.2, 0.25) is 0 Å². The Morgan fingerprint density at radius 2 is 0.917 bits per heavy atom. The van der Waals surface area contributed by atoms with Gasteiger partial charge >= 0.3 is 0 Å². The average Bonchev–Trinajstić information content (AvgIpc) is 2.11. The molecular weight excluding hydrogens is 148 g/mol. The molecular formula is C11H21O. The average molecular weight is 169 g/mol. The van der Waals surface area contributed by atoms with Crippen LogP contribution in [0.15, 0.2) is 0 Å². The largest absolute Gasteiger partial charge is 0.233 e. The van der Waals surface area contributed by atoms with E-state index in [1.807, 2.05) is 0 Å². The molecule has 12 heavy (non-hydrogen) atoms. The molecule has 0 aromatic carbocycles. The normalized spacial score (nSPS) is 24.8. The minimum Gasteiger partial charge on any atom is -0.233 e. The lowest BCUT2D eigenvalue weighted by atomic mass is 10.1. The van der Waals surface area contributed by atoms with Crippen LogP contribution in [0.2, 0.25) is 0 Å². The second-order valence-electron chi connectivity index (χ2n) is 4.03. The molecule has 0 bridgehead atoms. The highest BCUT2D eigenvalue weighted by atomic mass is 16.3. The molecule has 1 aliphatic rings. The molecule has 0 heterocycles. The molecule has 0 atom stereocenters. The summed E-state index contributed by atoms with van der Waals surface area (Å²) >= 11 is 0. The highest BCUT2D eigenvalue weighted by molar-refractivity contribution is 4.58. The third kappa shape index (κ3) is 4.76. The predicted molar refractivity (Wildman–Crippen MR) is 50.6 cm³/mol. The van der Waals surface area contributed by atoms with Gasteiger partial charge in [0.15, 0.2) is 0 Å². The maximum Gasteiger partial charge on any atom is 0.0930 e. The third-order valence-corrected chi connectivity index (χ3v) is 2.80. The molecule has 1 nitrogen and oxygen atoms in total. The standard InChI is InChI=1S/C11H21O/c12-11-9-7-5-3-1-2-4-6-8-10-11/h11H,1-10H2. The van der Waals surface area contributed by atoms with Crippen molar-refractivity contribution < 1.29 is 5.11 Å². The first-order valence-corrected chi connectivity index (χ1v) is 5.55. The van der Waals surface area contributed by atoms with Crippen molar-refractivity contribution in [3.05, 3.63) is 0 Å². The molecule has 1 fully saturated rings. The Morgan fingerprint density at radius 1 is 0.583 bits per heavy atom. The highest BCUT2D eigenvalue weighted by Gasteiger charge is 2.06. The summed E-state index contributed by atoms with van der Waals surface area (Å²) in [5, 5.41) is 11.3. The lowest BCUT2D eigenvalue weighted by molar-refractivity contribution is 0.0693. The van der Waals surface area contributed by atoms with Crippen LogP contribution in [-0.4, -0.2) is 6.10 Å². The van der Waals surface area contributed by atoms with Gasteiger partial charge in [-0.25, -0.2) is 5.11 Å². The van der Waals surface area contributed by atoms with Crippen molar-refractivity contribution in [1.82, 2.24) is 0 Å². The fourth-order valence-electron chi connectivity index (χ4n) is 1.95. The Morgan fingerprint density at radius 3 is 1.33 bits per heavy atom. The molecule has 0 aliphatic heterocycles. The number of rotatable bonds is 0. The first kappa shape index (κ1) is 10.0. The van der Waals surface area contributed by atoms with E-state index in [0.29, 0.717) is 0 Å². The Labute approximate surface area is 76.2 Å². The molecule has 0 aromatic rings. The van der Waals surface area contributed by atoms with Crippen molar-refractivity contribution in [3.8, 4) is 0 Å². The summed E-state index contributed by atoms with van der Waals surface area (Å²) < 4.78 is 0. The summed E-state index contributed by atoms with van der Waals surface area (Å²) in [6, 6.07) is 0. The molecule has 71 valence electrons. The van der Waals surface area contributed by atoms with Gasteiger partial charge in [-0.05, 0) is 12.8 Å². The maximum atomic E-state index is 11.3. The van der Waals surface area contributed by atoms with Crippen molar-refractivity contribution in [2.24, 2.45) is 0 Å². The zero-order valence-corrected chi connectivity index (χ0v) is 8.06. The van der Waals surface area contributed by atoms with Crippen molar-refractivity contribution in [2.45, 2.75) is 70.3 Å². The van der Waals surface area contributed by atoms with E-state index in [0.717, 1.165) is 12.8 Å². The van der Waals surface area contributed by atoms with Gasteiger partial charge in [-0.2, -0.15) is 0 Å². The maximum absolute atomic E-state index is 11.3. The molecule has 1 heteroatoms. The van der Waals surface area contributed by atoms with Gasteiger partial charge in [-0.3, -0.25) is 0 Å².